The molecule has 0 atom stereocenters. The van der Waals surface area contributed by atoms with Gasteiger partial charge in [-0.15, -0.1) is 0 Å². The molecule has 0 unspecified atom stereocenters. The molecule has 1 aliphatic heterocycles. The van der Waals surface area contributed by atoms with Crippen molar-refractivity contribution in [3.05, 3.63) is 35.1 Å². The van der Waals surface area contributed by atoms with Crippen LogP contribution in [0.3, 0.4) is 0 Å². The van der Waals surface area contributed by atoms with Crippen molar-refractivity contribution in [3.8, 4) is 0 Å². The zero-order valence-corrected chi connectivity index (χ0v) is 7.44. The fourth-order valence-electron chi connectivity index (χ4n) is 2.35. The lowest BCUT2D eigenvalue weighted by molar-refractivity contribution is 0.524. The lowest BCUT2D eigenvalue weighted by Gasteiger charge is -2.26. The molecule has 1 aromatic rings. The average Bonchev–Trinajstić information content (AvgIpc) is 2.86. The third-order valence-corrected chi connectivity index (χ3v) is 3.27. The summed E-state index contributed by atoms with van der Waals surface area (Å²) in [4.78, 5) is 0. The molecular weight excluding hydrogens is 165 g/mol. The molecule has 1 aliphatic carbocycles. The van der Waals surface area contributed by atoms with Crippen molar-refractivity contribution in [1.29, 1.82) is 0 Å². The highest BCUT2D eigenvalue weighted by Gasteiger charge is 2.46. The molecule has 1 heterocycles. The highest BCUT2D eigenvalue weighted by molar-refractivity contribution is 5.41. The largest absolute Gasteiger partial charge is 0.312 e. The van der Waals surface area contributed by atoms with Gasteiger partial charge in [-0.3, -0.25) is 0 Å². The van der Waals surface area contributed by atoms with Crippen LogP contribution in [-0.2, 0) is 12.0 Å². The molecule has 2 heteroatoms. The van der Waals surface area contributed by atoms with Gasteiger partial charge in [-0.25, -0.2) is 4.39 Å². The van der Waals surface area contributed by atoms with Crippen LogP contribution >= 0.6 is 0 Å². The van der Waals surface area contributed by atoms with Gasteiger partial charge in [0, 0.05) is 18.5 Å². The van der Waals surface area contributed by atoms with E-state index in [-0.39, 0.29) is 5.82 Å². The van der Waals surface area contributed by atoms with Gasteiger partial charge in [0.2, 0.25) is 0 Å². The monoisotopic (exact) mass is 177 g/mol. The van der Waals surface area contributed by atoms with Gasteiger partial charge in [-0.2, -0.15) is 0 Å². The van der Waals surface area contributed by atoms with Crippen LogP contribution in [-0.4, -0.2) is 6.54 Å². The van der Waals surface area contributed by atoms with E-state index in [1.54, 1.807) is 12.1 Å². The number of hydrogen-bond acceptors (Lipinski definition) is 1. The summed E-state index contributed by atoms with van der Waals surface area (Å²) >= 11 is 0. The minimum Gasteiger partial charge on any atom is -0.312 e. The molecule has 0 amide bonds. The summed E-state index contributed by atoms with van der Waals surface area (Å²) in [7, 11) is 0. The second kappa shape index (κ2) is 2.32. The number of benzene rings is 1. The lowest BCUT2D eigenvalue weighted by atomic mass is 9.88. The molecular formula is C11H12FN. The van der Waals surface area contributed by atoms with E-state index in [0.29, 0.717) is 5.41 Å². The predicted molar refractivity (Wildman–Crippen MR) is 49.0 cm³/mol. The van der Waals surface area contributed by atoms with E-state index in [0.717, 1.165) is 18.7 Å². The van der Waals surface area contributed by atoms with E-state index in [4.69, 9.17) is 0 Å². The van der Waals surface area contributed by atoms with Gasteiger partial charge in [0.25, 0.3) is 0 Å². The molecule has 3 rings (SSSR count). The van der Waals surface area contributed by atoms with Crippen LogP contribution in [0.2, 0.25) is 0 Å². The van der Waals surface area contributed by atoms with Crippen molar-refractivity contribution in [2.24, 2.45) is 0 Å². The van der Waals surface area contributed by atoms with Gasteiger partial charge < -0.3 is 5.32 Å². The maximum Gasteiger partial charge on any atom is 0.123 e. The number of rotatable bonds is 0. The van der Waals surface area contributed by atoms with E-state index in [1.165, 1.54) is 18.4 Å². The van der Waals surface area contributed by atoms with Crippen molar-refractivity contribution in [2.45, 2.75) is 24.8 Å². The van der Waals surface area contributed by atoms with Crippen LogP contribution in [0.15, 0.2) is 18.2 Å². The molecule has 1 nitrogen and oxygen atoms in total. The standard InChI is InChI=1S/C11H12FN/c12-9-1-2-10-8(5-9)6-13-7-11(10)3-4-11/h1-2,5,13H,3-4,6-7H2. The van der Waals surface area contributed by atoms with Crippen molar-refractivity contribution in [3.63, 3.8) is 0 Å². The van der Waals surface area contributed by atoms with Crippen molar-refractivity contribution in [1.82, 2.24) is 5.32 Å². The smallest absolute Gasteiger partial charge is 0.123 e. The van der Waals surface area contributed by atoms with Gasteiger partial charge in [0.1, 0.15) is 5.82 Å². The Hall–Kier alpha value is -0.890. The van der Waals surface area contributed by atoms with Gasteiger partial charge in [-0.1, -0.05) is 6.07 Å². The van der Waals surface area contributed by atoms with Crippen LogP contribution in [0, 0.1) is 5.82 Å². The third-order valence-electron chi connectivity index (χ3n) is 3.27. The molecule has 2 aliphatic rings. The molecule has 1 fully saturated rings. The molecule has 1 spiro atoms. The first-order chi connectivity index (χ1) is 6.30. The Labute approximate surface area is 77.0 Å². The third kappa shape index (κ3) is 1.02. The summed E-state index contributed by atoms with van der Waals surface area (Å²) in [6.07, 6.45) is 2.53. The summed E-state index contributed by atoms with van der Waals surface area (Å²) < 4.78 is 12.9. The molecule has 0 saturated heterocycles. The van der Waals surface area contributed by atoms with Gasteiger partial charge >= 0.3 is 0 Å². The van der Waals surface area contributed by atoms with Crippen LogP contribution in [0.1, 0.15) is 24.0 Å². The summed E-state index contributed by atoms with van der Waals surface area (Å²) in [5.74, 6) is -0.113. The van der Waals surface area contributed by atoms with E-state index in [1.807, 2.05) is 6.07 Å². The Morgan fingerprint density at radius 2 is 2.15 bits per heavy atom. The highest BCUT2D eigenvalue weighted by atomic mass is 19.1. The number of hydrogen-bond donors (Lipinski definition) is 1. The maximum atomic E-state index is 12.9. The molecule has 1 aromatic carbocycles. The highest BCUT2D eigenvalue weighted by Crippen LogP contribution is 2.50. The fraction of sp³-hybridized carbons (Fsp3) is 0.455. The Kier molecular flexibility index (Phi) is 1.34. The topological polar surface area (TPSA) is 12.0 Å². The van der Waals surface area contributed by atoms with Crippen LogP contribution in [0.25, 0.3) is 0 Å². The molecule has 0 aromatic heterocycles. The first-order valence-corrected chi connectivity index (χ1v) is 4.80. The Morgan fingerprint density at radius 1 is 1.31 bits per heavy atom. The molecule has 1 N–H and O–H groups in total. The predicted octanol–water partition coefficient (Wildman–Crippen LogP) is 1.96. The Morgan fingerprint density at radius 3 is 2.92 bits per heavy atom. The minimum absolute atomic E-state index is 0.113. The minimum atomic E-state index is -0.113. The quantitative estimate of drug-likeness (QED) is 0.638. The van der Waals surface area contributed by atoms with E-state index in [9.17, 15) is 4.39 Å². The van der Waals surface area contributed by atoms with Crippen molar-refractivity contribution >= 4 is 0 Å². The van der Waals surface area contributed by atoms with Gasteiger partial charge in [0.05, 0.1) is 0 Å². The second-order valence-electron chi connectivity index (χ2n) is 4.19. The molecule has 0 radical (unpaired) electrons. The number of halogens is 1. The van der Waals surface area contributed by atoms with Gasteiger partial charge in [0.15, 0.2) is 0 Å². The lowest BCUT2D eigenvalue weighted by Crippen LogP contribution is -2.33. The SMILES string of the molecule is Fc1ccc2c(c1)CNCC21CC1. The first kappa shape index (κ1) is 7.51. The van der Waals surface area contributed by atoms with E-state index in [2.05, 4.69) is 5.32 Å². The fourth-order valence-corrected chi connectivity index (χ4v) is 2.35. The second-order valence-corrected chi connectivity index (χ2v) is 4.19. The molecule has 0 bridgehead atoms. The van der Waals surface area contributed by atoms with Crippen LogP contribution < -0.4 is 5.32 Å². The first-order valence-electron chi connectivity index (χ1n) is 4.80. The van der Waals surface area contributed by atoms with Crippen LogP contribution in [0.4, 0.5) is 4.39 Å². The normalized spacial score (nSPS) is 22.8. The maximum absolute atomic E-state index is 12.9. The van der Waals surface area contributed by atoms with E-state index < -0.39 is 0 Å². The van der Waals surface area contributed by atoms with Crippen molar-refractivity contribution in [2.75, 3.05) is 6.54 Å². The molecule has 68 valence electrons. The Balaban J connectivity index is 2.15. The summed E-state index contributed by atoms with van der Waals surface area (Å²) in [5.41, 5.74) is 2.91. The summed E-state index contributed by atoms with van der Waals surface area (Å²) in [6.45, 7) is 1.90. The zero-order valence-electron chi connectivity index (χ0n) is 7.44. The van der Waals surface area contributed by atoms with Crippen LogP contribution in [0.5, 0.6) is 0 Å². The Bertz CT molecular complexity index is 355. The van der Waals surface area contributed by atoms with Crippen molar-refractivity contribution < 1.29 is 4.39 Å². The molecule has 13 heavy (non-hydrogen) atoms. The molecule has 1 saturated carbocycles. The zero-order chi connectivity index (χ0) is 8.89. The summed E-state index contributed by atoms with van der Waals surface area (Å²) in [5, 5.41) is 3.35. The average molecular weight is 177 g/mol. The number of nitrogens with one attached hydrogen (secondary N) is 1. The van der Waals surface area contributed by atoms with E-state index >= 15 is 0 Å². The summed E-state index contributed by atoms with van der Waals surface area (Å²) in [6, 6.07) is 5.23. The number of fused-ring (bicyclic) bond motifs is 2. The van der Waals surface area contributed by atoms with Gasteiger partial charge in [-0.05, 0) is 36.1 Å².